The molecule has 1 heterocycles. The van der Waals surface area contributed by atoms with E-state index in [-0.39, 0.29) is 11.4 Å². The Kier molecular flexibility index (Phi) is 5.43. The first kappa shape index (κ1) is 24.6. The molecule has 9 nitrogen and oxygen atoms in total. The summed E-state index contributed by atoms with van der Waals surface area (Å²) in [5, 5.41) is 16.3. The number of rotatable bonds is 5. The Morgan fingerprint density at radius 3 is 2.07 bits per heavy atom. The van der Waals surface area contributed by atoms with Crippen molar-refractivity contribution in [2.24, 2.45) is 16.9 Å². The lowest BCUT2D eigenvalue weighted by Gasteiger charge is -2.52. The summed E-state index contributed by atoms with van der Waals surface area (Å²) >= 11 is 0. The number of anilines is 1. The van der Waals surface area contributed by atoms with Crippen LogP contribution in [0.1, 0.15) is 38.5 Å². The number of imide groups is 1. The molecule has 4 aromatic carbocycles. The molecule has 1 fully saturated rings. The maximum absolute atomic E-state index is 14.4. The Labute approximate surface area is 234 Å². The highest BCUT2D eigenvalue weighted by Crippen LogP contribution is 2.63. The van der Waals surface area contributed by atoms with Crippen LogP contribution in [-0.4, -0.2) is 28.9 Å². The normalized spacial score (nSPS) is 23.7. The Morgan fingerprint density at radius 1 is 0.829 bits per heavy atom. The molecular formula is C32H22N4O5. The van der Waals surface area contributed by atoms with Crippen molar-refractivity contribution in [3.8, 4) is 0 Å². The van der Waals surface area contributed by atoms with Gasteiger partial charge in [-0.25, -0.2) is 10.3 Å². The highest BCUT2D eigenvalue weighted by atomic mass is 16.6. The van der Waals surface area contributed by atoms with Crippen LogP contribution in [0.4, 0.5) is 11.4 Å². The summed E-state index contributed by atoms with van der Waals surface area (Å²) in [5.41, 5.74) is 4.82. The van der Waals surface area contributed by atoms with E-state index in [1.807, 2.05) is 48.5 Å². The van der Waals surface area contributed by atoms with E-state index in [9.17, 15) is 24.5 Å². The molecule has 0 spiro atoms. The number of nitro groups is 1. The molecule has 4 aromatic rings. The summed E-state index contributed by atoms with van der Waals surface area (Å²) in [6, 6.07) is 29.7. The van der Waals surface area contributed by atoms with Gasteiger partial charge in [-0.05, 0) is 40.5 Å². The van der Waals surface area contributed by atoms with Gasteiger partial charge in [0.2, 0.25) is 11.8 Å². The minimum atomic E-state index is -1.21. The van der Waals surface area contributed by atoms with Gasteiger partial charge in [0.15, 0.2) is 0 Å². The van der Waals surface area contributed by atoms with Crippen molar-refractivity contribution in [2.45, 2.75) is 11.3 Å². The van der Waals surface area contributed by atoms with Gasteiger partial charge in [0, 0.05) is 23.8 Å². The lowest BCUT2D eigenvalue weighted by molar-refractivity contribution is -0.384. The fraction of sp³-hybridized carbons (Fsp3) is 0.125. The minimum Gasteiger partial charge on any atom is -0.274 e. The number of carbonyl (C=O) groups is 3. The number of amides is 3. The Morgan fingerprint density at radius 2 is 1.41 bits per heavy atom. The number of hydrazone groups is 1. The van der Waals surface area contributed by atoms with Crippen LogP contribution in [0.2, 0.25) is 0 Å². The molecule has 3 amide bonds. The number of nitro benzene ring substituents is 1. The number of nitrogens with one attached hydrogen (secondary N) is 1. The first-order valence-corrected chi connectivity index (χ1v) is 13.1. The van der Waals surface area contributed by atoms with Crippen LogP contribution < -0.4 is 10.3 Å². The summed E-state index contributed by atoms with van der Waals surface area (Å²) in [6.45, 7) is 0. The van der Waals surface area contributed by atoms with Crippen molar-refractivity contribution in [3.05, 3.63) is 141 Å². The zero-order valence-corrected chi connectivity index (χ0v) is 21.5. The highest BCUT2D eigenvalue weighted by molar-refractivity contribution is 6.25. The summed E-state index contributed by atoms with van der Waals surface area (Å²) in [5.74, 6) is -3.62. The maximum Gasteiger partial charge on any atom is 0.293 e. The molecule has 1 saturated heterocycles. The molecule has 200 valence electrons. The molecule has 4 aliphatic rings. The number of hydrogen-bond donors (Lipinski definition) is 1. The maximum atomic E-state index is 14.4. The van der Waals surface area contributed by atoms with E-state index in [2.05, 4.69) is 10.5 Å². The largest absolute Gasteiger partial charge is 0.293 e. The lowest BCUT2D eigenvalue weighted by atomic mass is 9.47. The second-order valence-electron chi connectivity index (χ2n) is 10.3. The van der Waals surface area contributed by atoms with Gasteiger partial charge in [-0.2, -0.15) is 5.10 Å². The van der Waals surface area contributed by atoms with E-state index in [1.165, 1.54) is 18.2 Å². The smallest absolute Gasteiger partial charge is 0.274 e. The van der Waals surface area contributed by atoms with E-state index in [0.29, 0.717) is 5.56 Å². The SMILES string of the molecule is O=C(N/N=C\C12c3ccccc3C(c3ccccc31)[C@H]1C(=O)N(c3ccccc3[N+](=O)[O-])C(=O)[C@@H]12)c1ccccc1. The number of para-hydroxylation sites is 2. The van der Waals surface area contributed by atoms with Crippen LogP contribution in [0.5, 0.6) is 0 Å². The molecule has 41 heavy (non-hydrogen) atoms. The fourth-order valence-electron chi connectivity index (χ4n) is 6.94. The standard InChI is InChI=1S/C32H22N4O5/c37-29(19-10-2-1-3-11-19)34-33-18-32-22-14-6-4-12-20(22)26(21-13-5-7-15-23(21)32)27-28(32)31(39)35(30(27)38)24-16-8-9-17-25(24)36(40)41/h1-18,26-28H,(H,34,37)/b33-18-/t26?,27-,28-,32?/m1/s1. The van der Waals surface area contributed by atoms with Crippen molar-refractivity contribution in [1.29, 1.82) is 0 Å². The van der Waals surface area contributed by atoms with Gasteiger partial charge in [-0.3, -0.25) is 24.5 Å². The van der Waals surface area contributed by atoms with E-state index < -0.39 is 45.8 Å². The van der Waals surface area contributed by atoms with Gasteiger partial charge in [0.05, 0.1) is 22.2 Å². The third kappa shape index (κ3) is 3.35. The lowest BCUT2D eigenvalue weighted by Crippen LogP contribution is -2.54. The monoisotopic (exact) mass is 542 g/mol. The average Bonchev–Trinajstić information content (AvgIpc) is 3.28. The van der Waals surface area contributed by atoms with Crippen molar-refractivity contribution >= 4 is 35.3 Å². The number of nitrogens with zero attached hydrogens (tertiary/aromatic N) is 3. The van der Waals surface area contributed by atoms with Crippen molar-refractivity contribution in [2.75, 3.05) is 4.90 Å². The molecule has 8 rings (SSSR count). The van der Waals surface area contributed by atoms with Crippen LogP contribution in [0.15, 0.2) is 108 Å². The van der Waals surface area contributed by atoms with E-state index in [1.54, 1.807) is 42.6 Å². The van der Waals surface area contributed by atoms with Gasteiger partial charge in [0.1, 0.15) is 5.69 Å². The average molecular weight is 543 g/mol. The van der Waals surface area contributed by atoms with Crippen LogP contribution in [0, 0.1) is 22.0 Å². The molecule has 0 unspecified atom stereocenters. The Bertz CT molecular complexity index is 1750. The van der Waals surface area contributed by atoms with Crippen LogP contribution in [-0.2, 0) is 15.0 Å². The van der Waals surface area contributed by atoms with Gasteiger partial charge >= 0.3 is 0 Å². The van der Waals surface area contributed by atoms with Crippen molar-refractivity contribution in [1.82, 2.24) is 5.43 Å². The molecule has 2 atom stereocenters. The predicted octanol–water partition coefficient (Wildman–Crippen LogP) is 4.56. The minimum absolute atomic E-state index is 0.0566. The molecule has 0 aromatic heterocycles. The van der Waals surface area contributed by atoms with Crippen molar-refractivity contribution in [3.63, 3.8) is 0 Å². The van der Waals surface area contributed by atoms with Gasteiger partial charge in [0.25, 0.3) is 11.6 Å². The molecular weight excluding hydrogens is 520 g/mol. The molecule has 3 aliphatic carbocycles. The van der Waals surface area contributed by atoms with Gasteiger partial charge < -0.3 is 0 Å². The van der Waals surface area contributed by atoms with Crippen molar-refractivity contribution < 1.29 is 19.3 Å². The van der Waals surface area contributed by atoms with E-state index in [4.69, 9.17) is 0 Å². The van der Waals surface area contributed by atoms with Crippen LogP contribution in [0.25, 0.3) is 0 Å². The highest BCUT2D eigenvalue weighted by Gasteiger charge is 2.68. The topological polar surface area (TPSA) is 122 Å². The summed E-state index contributed by atoms with van der Waals surface area (Å²) in [4.78, 5) is 53.7. The molecule has 1 aliphatic heterocycles. The third-order valence-corrected chi connectivity index (χ3v) is 8.47. The van der Waals surface area contributed by atoms with Gasteiger partial charge in [-0.15, -0.1) is 0 Å². The van der Waals surface area contributed by atoms with Crippen LogP contribution in [0.3, 0.4) is 0 Å². The fourth-order valence-corrected chi connectivity index (χ4v) is 6.94. The molecule has 0 radical (unpaired) electrons. The summed E-state index contributed by atoms with van der Waals surface area (Å²) < 4.78 is 0. The molecule has 1 N–H and O–H groups in total. The predicted molar refractivity (Wildman–Crippen MR) is 150 cm³/mol. The number of hydrogen-bond acceptors (Lipinski definition) is 6. The third-order valence-electron chi connectivity index (χ3n) is 8.47. The van der Waals surface area contributed by atoms with E-state index >= 15 is 0 Å². The second kappa shape index (κ2) is 9.06. The van der Waals surface area contributed by atoms with Gasteiger partial charge in [-0.1, -0.05) is 78.9 Å². The Hall–Kier alpha value is -5.44. The second-order valence-corrected chi connectivity index (χ2v) is 10.3. The van der Waals surface area contributed by atoms with Crippen LogP contribution >= 0.6 is 0 Å². The molecule has 0 saturated carbocycles. The number of carbonyl (C=O) groups excluding carboxylic acids is 3. The molecule has 9 heteroatoms. The molecule has 2 bridgehead atoms. The Balaban J connectivity index is 1.43. The first-order chi connectivity index (χ1) is 19.9. The van der Waals surface area contributed by atoms with E-state index in [0.717, 1.165) is 27.2 Å². The zero-order valence-electron chi connectivity index (χ0n) is 21.5. The summed E-state index contributed by atoms with van der Waals surface area (Å²) in [6.07, 6.45) is 1.56. The first-order valence-electron chi connectivity index (χ1n) is 13.1. The summed E-state index contributed by atoms with van der Waals surface area (Å²) in [7, 11) is 0. The number of benzene rings is 4. The quantitative estimate of drug-likeness (QED) is 0.171. The zero-order chi connectivity index (χ0) is 28.3.